The number of hydrogen-bond acceptors (Lipinski definition) is 3. The maximum Gasteiger partial charge on any atom is 0.416 e. The maximum absolute atomic E-state index is 13.3. The van der Waals surface area contributed by atoms with Crippen molar-refractivity contribution in [2.24, 2.45) is 5.73 Å². The SMILES string of the molecule is C#C.CC(=O)N(C)CCC(C)F.Cc1ccccc1.N[C@@H](c1cc(F)cc(C(F)(F)F)c1)c1ccc(Cl)cn1. The molecule has 1 aromatic heterocycles. The van der Waals surface area contributed by atoms with Crippen molar-refractivity contribution in [2.75, 3.05) is 13.6 Å². The van der Waals surface area contributed by atoms with Crippen LogP contribution in [0.1, 0.15) is 48.7 Å². The lowest BCUT2D eigenvalue weighted by molar-refractivity contribution is -0.137. The van der Waals surface area contributed by atoms with Gasteiger partial charge in [-0.3, -0.25) is 9.78 Å². The van der Waals surface area contributed by atoms with Crippen LogP contribution < -0.4 is 5.73 Å². The number of halogens is 6. The zero-order valence-electron chi connectivity index (χ0n) is 22.2. The van der Waals surface area contributed by atoms with Crippen molar-refractivity contribution in [1.29, 1.82) is 0 Å². The number of alkyl halides is 4. The summed E-state index contributed by atoms with van der Waals surface area (Å²) in [4.78, 5) is 16.0. The van der Waals surface area contributed by atoms with E-state index >= 15 is 0 Å². The molecule has 1 heterocycles. The predicted molar refractivity (Wildman–Crippen MR) is 146 cm³/mol. The topological polar surface area (TPSA) is 59.2 Å². The van der Waals surface area contributed by atoms with Gasteiger partial charge in [-0.2, -0.15) is 13.2 Å². The van der Waals surface area contributed by atoms with E-state index in [1.807, 2.05) is 18.2 Å². The third-order valence-corrected chi connectivity index (χ3v) is 5.24. The van der Waals surface area contributed by atoms with Gasteiger partial charge in [0.05, 0.1) is 28.5 Å². The summed E-state index contributed by atoms with van der Waals surface area (Å²) in [6.45, 7) is 5.56. The van der Waals surface area contributed by atoms with Gasteiger partial charge in [0.1, 0.15) is 5.82 Å². The first-order valence-electron chi connectivity index (χ1n) is 11.7. The number of pyridine rings is 1. The van der Waals surface area contributed by atoms with Crippen LogP contribution in [0, 0.1) is 25.6 Å². The van der Waals surface area contributed by atoms with Crippen LogP contribution in [0.2, 0.25) is 5.02 Å². The smallest absolute Gasteiger partial charge is 0.346 e. The van der Waals surface area contributed by atoms with Crippen molar-refractivity contribution in [2.45, 2.75) is 45.6 Å². The molecule has 39 heavy (non-hydrogen) atoms. The second-order valence-electron chi connectivity index (χ2n) is 8.31. The van der Waals surface area contributed by atoms with E-state index in [2.05, 4.69) is 36.9 Å². The average Bonchev–Trinajstić information content (AvgIpc) is 2.88. The Morgan fingerprint density at radius 1 is 1.10 bits per heavy atom. The van der Waals surface area contributed by atoms with Crippen LogP contribution in [0.15, 0.2) is 66.9 Å². The monoisotopic (exact) mass is 569 g/mol. The normalized spacial score (nSPS) is 11.7. The lowest BCUT2D eigenvalue weighted by Gasteiger charge is -2.14. The summed E-state index contributed by atoms with van der Waals surface area (Å²) in [6, 6.07) is 14.5. The molecule has 212 valence electrons. The fourth-order valence-corrected chi connectivity index (χ4v) is 2.87. The van der Waals surface area contributed by atoms with Crippen LogP contribution in [-0.4, -0.2) is 35.6 Å². The van der Waals surface area contributed by atoms with Crippen LogP contribution in [0.5, 0.6) is 0 Å². The Labute approximate surface area is 232 Å². The van der Waals surface area contributed by atoms with Crippen molar-refractivity contribution < 1.29 is 26.7 Å². The summed E-state index contributed by atoms with van der Waals surface area (Å²) >= 11 is 5.66. The van der Waals surface area contributed by atoms with E-state index in [1.54, 1.807) is 7.05 Å². The molecular weight excluding hydrogens is 537 g/mol. The standard InChI is InChI=1S/C13H9ClF4N2.C7H14FNO.C7H8.C2H2/c14-9-1-2-11(20-6-9)12(19)7-3-8(13(16,17)18)5-10(15)4-7;1-6(8)4-5-9(3)7(2)10;1-7-5-3-2-4-6-7;1-2/h1-6,12H,19H2;6H,4-5H2,1-3H3;2-6H,1H3;1-2H/t12-;;;/m0.../s1. The van der Waals surface area contributed by atoms with Gasteiger partial charge in [-0.15, -0.1) is 12.8 Å². The molecule has 0 radical (unpaired) electrons. The quantitative estimate of drug-likeness (QED) is 0.257. The van der Waals surface area contributed by atoms with Gasteiger partial charge in [0.15, 0.2) is 0 Å². The predicted octanol–water partition coefficient (Wildman–Crippen LogP) is 7.40. The third kappa shape index (κ3) is 14.9. The number of rotatable bonds is 5. The fourth-order valence-electron chi connectivity index (χ4n) is 2.76. The molecule has 0 saturated carbocycles. The largest absolute Gasteiger partial charge is 0.416 e. The summed E-state index contributed by atoms with van der Waals surface area (Å²) in [5.74, 6) is -1.01. The number of benzene rings is 2. The van der Waals surface area contributed by atoms with Gasteiger partial charge in [0, 0.05) is 26.7 Å². The first kappa shape index (κ1) is 35.5. The van der Waals surface area contributed by atoms with Gasteiger partial charge >= 0.3 is 6.18 Å². The van der Waals surface area contributed by atoms with Gasteiger partial charge in [-0.25, -0.2) is 8.78 Å². The number of carbonyl (C=O) groups is 1. The molecule has 3 rings (SSSR count). The highest BCUT2D eigenvalue weighted by molar-refractivity contribution is 6.30. The van der Waals surface area contributed by atoms with Gasteiger partial charge in [-0.05, 0) is 56.2 Å². The number of aromatic nitrogens is 1. The molecule has 0 fully saturated rings. The zero-order chi connectivity index (χ0) is 30.2. The number of terminal acetylenes is 1. The molecule has 3 aromatic rings. The first-order valence-corrected chi connectivity index (χ1v) is 12.0. The minimum atomic E-state index is -4.63. The average molecular weight is 570 g/mol. The van der Waals surface area contributed by atoms with Crippen LogP contribution in [-0.2, 0) is 11.0 Å². The minimum Gasteiger partial charge on any atom is -0.346 e. The zero-order valence-corrected chi connectivity index (χ0v) is 23.0. The van der Waals surface area contributed by atoms with Crippen molar-refractivity contribution in [3.05, 3.63) is 100 Å². The lowest BCUT2D eigenvalue weighted by atomic mass is 10.0. The minimum absolute atomic E-state index is 0.00727. The molecule has 4 nitrogen and oxygen atoms in total. The van der Waals surface area contributed by atoms with E-state index in [9.17, 15) is 26.7 Å². The van der Waals surface area contributed by atoms with E-state index in [-0.39, 0.29) is 11.5 Å². The van der Waals surface area contributed by atoms with E-state index in [0.717, 1.165) is 12.1 Å². The van der Waals surface area contributed by atoms with E-state index in [1.165, 1.54) is 42.6 Å². The van der Waals surface area contributed by atoms with Gasteiger partial charge < -0.3 is 10.6 Å². The summed E-state index contributed by atoms with van der Waals surface area (Å²) in [5, 5.41) is 0.371. The molecule has 2 aromatic carbocycles. The first-order chi connectivity index (χ1) is 18.2. The van der Waals surface area contributed by atoms with Crippen molar-refractivity contribution in [3.63, 3.8) is 0 Å². The number of aryl methyl sites for hydroxylation is 1. The molecule has 0 bridgehead atoms. The number of hydrogen-bond donors (Lipinski definition) is 1. The summed E-state index contributed by atoms with van der Waals surface area (Å²) in [6.07, 6.45) is 4.29. The van der Waals surface area contributed by atoms with Crippen LogP contribution in [0.4, 0.5) is 22.0 Å². The second-order valence-corrected chi connectivity index (χ2v) is 8.75. The van der Waals surface area contributed by atoms with E-state index in [4.69, 9.17) is 17.3 Å². The van der Waals surface area contributed by atoms with Crippen molar-refractivity contribution in [1.82, 2.24) is 9.88 Å². The molecule has 0 saturated heterocycles. The Morgan fingerprint density at radius 2 is 1.69 bits per heavy atom. The lowest BCUT2D eigenvalue weighted by Crippen LogP contribution is -2.26. The summed E-state index contributed by atoms with van der Waals surface area (Å²) < 4.78 is 63.4. The molecule has 1 unspecified atom stereocenters. The third-order valence-electron chi connectivity index (χ3n) is 5.02. The van der Waals surface area contributed by atoms with Gasteiger partial charge in [0.25, 0.3) is 0 Å². The fraction of sp³-hybridized carbons (Fsp3) is 0.310. The van der Waals surface area contributed by atoms with Crippen molar-refractivity contribution >= 4 is 17.5 Å². The number of amides is 1. The number of nitrogens with zero attached hydrogens (tertiary/aromatic N) is 2. The number of carbonyl (C=O) groups excluding carboxylic acids is 1. The van der Waals surface area contributed by atoms with Gasteiger partial charge in [0.2, 0.25) is 5.91 Å². The molecule has 0 aliphatic carbocycles. The summed E-state index contributed by atoms with van der Waals surface area (Å²) in [5.41, 5.74) is 6.34. The van der Waals surface area contributed by atoms with Crippen LogP contribution >= 0.6 is 11.6 Å². The Bertz CT molecular complexity index is 1140. The second kappa shape index (κ2) is 17.9. The highest BCUT2D eigenvalue weighted by Gasteiger charge is 2.32. The van der Waals surface area contributed by atoms with E-state index in [0.29, 0.717) is 29.7 Å². The van der Waals surface area contributed by atoms with Crippen LogP contribution in [0.3, 0.4) is 0 Å². The molecule has 0 aliphatic heterocycles. The highest BCUT2D eigenvalue weighted by Crippen LogP contribution is 2.32. The maximum atomic E-state index is 13.3. The number of nitrogens with two attached hydrogens (primary N) is 1. The van der Waals surface area contributed by atoms with Crippen LogP contribution in [0.25, 0.3) is 0 Å². The Kier molecular flexibility index (Phi) is 16.3. The molecule has 0 aliphatic rings. The highest BCUT2D eigenvalue weighted by atomic mass is 35.5. The Hall–Kier alpha value is -3.48. The molecule has 0 spiro atoms. The summed E-state index contributed by atoms with van der Waals surface area (Å²) in [7, 11) is 1.67. The van der Waals surface area contributed by atoms with E-state index < -0.39 is 29.8 Å². The molecular formula is C29H33ClF5N3O. The molecule has 1 amide bonds. The molecule has 10 heteroatoms. The Balaban J connectivity index is 0.000000631. The Morgan fingerprint density at radius 3 is 2.10 bits per heavy atom. The molecule has 2 atom stereocenters. The molecule has 2 N–H and O–H groups in total. The van der Waals surface area contributed by atoms with Gasteiger partial charge in [-0.1, -0.05) is 47.5 Å². The van der Waals surface area contributed by atoms with Crippen molar-refractivity contribution in [3.8, 4) is 12.8 Å².